The molecular weight excluding hydrogens is 516 g/mol. The number of nitrogens with zero attached hydrogens (tertiary/aromatic N) is 2. The van der Waals surface area contributed by atoms with Gasteiger partial charge in [-0.15, -0.1) is 0 Å². The van der Waals surface area contributed by atoms with Gasteiger partial charge in [0, 0.05) is 17.7 Å². The summed E-state index contributed by atoms with van der Waals surface area (Å²) in [7, 11) is 0. The number of benzene rings is 3. The number of carbonyl (C=O) groups excluding carboxylic acids is 2. The highest BCUT2D eigenvalue weighted by Gasteiger charge is 2.24. The molecule has 2 atom stereocenters. The molecule has 0 fully saturated rings. The summed E-state index contributed by atoms with van der Waals surface area (Å²) >= 11 is 0. The third kappa shape index (κ3) is 8.20. The van der Waals surface area contributed by atoms with Gasteiger partial charge < -0.3 is 9.84 Å². The van der Waals surface area contributed by atoms with Crippen molar-refractivity contribution in [2.75, 3.05) is 0 Å². The number of unbranched alkanes of at least 4 members (excludes halogenated alkanes) is 1. The first-order valence-electron chi connectivity index (χ1n) is 13.1. The number of fused-ring (bicyclic) bond motifs is 1. The van der Waals surface area contributed by atoms with Crippen molar-refractivity contribution in [1.29, 1.82) is 0 Å². The average Bonchev–Trinajstić information content (AvgIpc) is 2.96. The highest BCUT2D eigenvalue weighted by atomic mass is 16.6. The minimum absolute atomic E-state index is 0.195. The summed E-state index contributed by atoms with van der Waals surface area (Å²) in [6.07, 6.45) is 6.28. The quantitative estimate of drug-likeness (QED) is 0.121. The molecule has 4 rings (SSSR count). The Kier molecular flexibility index (Phi) is 10.9. The predicted octanol–water partition coefficient (Wildman–Crippen LogP) is 6.68. The van der Waals surface area contributed by atoms with Crippen LogP contribution in [0.3, 0.4) is 0 Å². The molecule has 10 heteroatoms. The molecular formula is C30H32N2O8. The average molecular weight is 549 g/mol. The van der Waals surface area contributed by atoms with Crippen LogP contribution >= 0.6 is 0 Å². The van der Waals surface area contributed by atoms with E-state index in [9.17, 15) is 34.9 Å². The minimum atomic E-state index is -0.899. The van der Waals surface area contributed by atoms with Gasteiger partial charge in [0.05, 0.1) is 22.3 Å². The Balaban J connectivity index is 0.000000249. The van der Waals surface area contributed by atoms with E-state index in [4.69, 9.17) is 4.74 Å². The fraction of sp³-hybridized carbons (Fsp3) is 0.333. The summed E-state index contributed by atoms with van der Waals surface area (Å²) in [6.45, 7) is 2.45. The number of nitro groups is 2. The third-order valence-corrected chi connectivity index (χ3v) is 6.93. The first kappa shape index (κ1) is 29.9. The second kappa shape index (κ2) is 14.5. The maximum atomic E-state index is 12.4. The lowest BCUT2D eigenvalue weighted by atomic mass is 9.81. The number of carbonyl (C=O) groups is 2. The zero-order valence-electron chi connectivity index (χ0n) is 22.2. The predicted molar refractivity (Wildman–Crippen MR) is 148 cm³/mol. The normalized spacial score (nSPS) is 14.6. The first-order valence-corrected chi connectivity index (χ1v) is 13.1. The Labute approximate surface area is 231 Å². The van der Waals surface area contributed by atoms with E-state index in [1.54, 1.807) is 30.3 Å². The number of non-ortho nitro benzene ring substituents is 2. The van der Waals surface area contributed by atoms with Crippen LogP contribution in [0.15, 0.2) is 66.7 Å². The number of rotatable bonds is 11. The zero-order chi connectivity index (χ0) is 29.1. The zero-order valence-corrected chi connectivity index (χ0v) is 22.2. The van der Waals surface area contributed by atoms with Crippen molar-refractivity contribution in [3.63, 3.8) is 0 Å². The van der Waals surface area contributed by atoms with Crippen LogP contribution in [0.1, 0.15) is 72.2 Å². The SMILES string of the molecule is CCCC[C@H]1CCc2c(O)cccc2C1.O=CO[C@H](CC(=O)c1cc([N+](=O)[O-])cc([N+](=O)[O-])c1)c1ccccc1. The number of ether oxygens (including phenoxy) is 1. The van der Waals surface area contributed by atoms with Gasteiger partial charge in [-0.2, -0.15) is 0 Å². The molecule has 0 heterocycles. The van der Waals surface area contributed by atoms with Crippen molar-refractivity contribution in [1.82, 2.24) is 0 Å². The van der Waals surface area contributed by atoms with Gasteiger partial charge >= 0.3 is 0 Å². The molecule has 0 aromatic heterocycles. The van der Waals surface area contributed by atoms with Gasteiger partial charge in [0.25, 0.3) is 17.8 Å². The van der Waals surface area contributed by atoms with Gasteiger partial charge in [0.1, 0.15) is 11.9 Å². The molecule has 3 aromatic rings. The van der Waals surface area contributed by atoms with Crippen molar-refractivity contribution in [2.45, 2.75) is 58.0 Å². The van der Waals surface area contributed by atoms with Crippen molar-refractivity contribution < 1.29 is 29.3 Å². The van der Waals surface area contributed by atoms with E-state index in [2.05, 4.69) is 13.0 Å². The van der Waals surface area contributed by atoms with E-state index in [1.165, 1.54) is 43.2 Å². The molecule has 0 saturated heterocycles. The van der Waals surface area contributed by atoms with E-state index in [1.807, 2.05) is 12.1 Å². The van der Waals surface area contributed by atoms with Crippen molar-refractivity contribution >= 4 is 23.6 Å². The highest BCUT2D eigenvalue weighted by molar-refractivity contribution is 5.97. The van der Waals surface area contributed by atoms with Gasteiger partial charge in [-0.3, -0.25) is 29.8 Å². The van der Waals surface area contributed by atoms with Crippen LogP contribution in [-0.4, -0.2) is 27.2 Å². The van der Waals surface area contributed by atoms with Crippen LogP contribution < -0.4 is 0 Å². The van der Waals surface area contributed by atoms with Crippen LogP contribution in [0.25, 0.3) is 0 Å². The van der Waals surface area contributed by atoms with Crippen LogP contribution in [-0.2, 0) is 22.4 Å². The summed E-state index contributed by atoms with van der Waals surface area (Å²) in [4.78, 5) is 43.2. The topological polar surface area (TPSA) is 150 Å². The number of phenols is 1. The minimum Gasteiger partial charge on any atom is -0.508 e. The number of ketones is 1. The van der Waals surface area contributed by atoms with E-state index in [0.29, 0.717) is 11.3 Å². The molecule has 3 aromatic carbocycles. The van der Waals surface area contributed by atoms with Gasteiger partial charge in [-0.1, -0.05) is 68.7 Å². The molecule has 0 bridgehead atoms. The van der Waals surface area contributed by atoms with Gasteiger partial charge in [0.15, 0.2) is 5.78 Å². The molecule has 0 unspecified atom stereocenters. The Morgan fingerprint density at radius 1 is 1.05 bits per heavy atom. The molecule has 0 saturated carbocycles. The first-order chi connectivity index (χ1) is 19.2. The number of nitro benzene ring substituents is 2. The monoisotopic (exact) mass is 548 g/mol. The molecule has 10 nitrogen and oxygen atoms in total. The van der Waals surface area contributed by atoms with Gasteiger partial charge in [-0.05, 0) is 47.9 Å². The lowest BCUT2D eigenvalue weighted by Crippen LogP contribution is -2.14. The summed E-state index contributed by atoms with van der Waals surface area (Å²) in [5.41, 5.74) is 1.81. The molecule has 210 valence electrons. The van der Waals surface area contributed by atoms with E-state index >= 15 is 0 Å². The van der Waals surface area contributed by atoms with E-state index in [0.717, 1.165) is 30.5 Å². The second-order valence-electron chi connectivity index (χ2n) is 9.68. The van der Waals surface area contributed by atoms with Crippen molar-refractivity contribution in [2.24, 2.45) is 5.92 Å². The third-order valence-electron chi connectivity index (χ3n) is 6.93. The Hall–Kier alpha value is -4.60. The lowest BCUT2D eigenvalue weighted by Gasteiger charge is -2.24. The Bertz CT molecular complexity index is 1310. The molecule has 0 aliphatic heterocycles. The molecule has 0 radical (unpaired) electrons. The van der Waals surface area contributed by atoms with Crippen LogP contribution in [0.4, 0.5) is 11.4 Å². The summed E-state index contributed by atoms with van der Waals surface area (Å²) in [5.74, 6) is 0.725. The summed E-state index contributed by atoms with van der Waals surface area (Å²) in [6, 6.07) is 17.1. The van der Waals surface area contributed by atoms with Crippen molar-refractivity contribution in [3.8, 4) is 5.75 Å². The fourth-order valence-electron chi connectivity index (χ4n) is 4.83. The lowest BCUT2D eigenvalue weighted by molar-refractivity contribution is -0.394. The second-order valence-corrected chi connectivity index (χ2v) is 9.68. The Morgan fingerprint density at radius 2 is 1.73 bits per heavy atom. The largest absolute Gasteiger partial charge is 0.508 e. The standard InChI is InChI=1S/C16H12N2O7.C14H20O/c19-10-25-16(11-4-2-1-3-5-11)9-15(20)12-6-13(17(21)22)8-14(7-12)18(23)24;1-2-3-5-11-8-9-13-12(10-11)6-4-7-14(13)15/h1-8,10,16H,9H2;4,6-7,11,15H,2-3,5,8-10H2,1H3/t16-;11-/m10/s1. The van der Waals surface area contributed by atoms with Crippen LogP contribution in [0.5, 0.6) is 5.75 Å². The number of hydrogen-bond acceptors (Lipinski definition) is 8. The fourth-order valence-corrected chi connectivity index (χ4v) is 4.83. The number of aromatic hydroxyl groups is 1. The number of phenolic OH excluding ortho intramolecular Hbond substituents is 1. The Morgan fingerprint density at radius 3 is 2.33 bits per heavy atom. The molecule has 0 amide bonds. The van der Waals surface area contributed by atoms with Crippen LogP contribution in [0, 0.1) is 26.1 Å². The maximum Gasteiger partial charge on any atom is 0.293 e. The molecule has 40 heavy (non-hydrogen) atoms. The maximum absolute atomic E-state index is 12.4. The summed E-state index contributed by atoms with van der Waals surface area (Å²) in [5, 5.41) is 31.5. The summed E-state index contributed by atoms with van der Waals surface area (Å²) < 4.78 is 4.91. The van der Waals surface area contributed by atoms with Crippen LogP contribution in [0.2, 0.25) is 0 Å². The molecule has 1 aliphatic rings. The number of Topliss-reactive ketones (excluding diaryl/α,β-unsaturated/α-hetero) is 1. The van der Waals surface area contributed by atoms with Gasteiger partial charge in [-0.25, -0.2) is 0 Å². The smallest absolute Gasteiger partial charge is 0.293 e. The van der Waals surface area contributed by atoms with E-state index in [-0.39, 0.29) is 18.5 Å². The molecule has 0 spiro atoms. The molecule has 1 N–H and O–H groups in total. The number of hydrogen-bond donors (Lipinski definition) is 1. The highest BCUT2D eigenvalue weighted by Crippen LogP contribution is 2.33. The molecule has 1 aliphatic carbocycles. The van der Waals surface area contributed by atoms with E-state index < -0.39 is 33.1 Å². The van der Waals surface area contributed by atoms with Gasteiger partial charge in [0.2, 0.25) is 0 Å². The van der Waals surface area contributed by atoms with Crippen molar-refractivity contribution in [3.05, 3.63) is 109 Å².